The average molecular weight is 464 g/mol. The van der Waals surface area contributed by atoms with Gasteiger partial charge in [-0.25, -0.2) is 8.78 Å². The summed E-state index contributed by atoms with van der Waals surface area (Å²) in [5.74, 6) is -1.90. The number of para-hydroxylation sites is 1. The van der Waals surface area contributed by atoms with Gasteiger partial charge in [-0.2, -0.15) is 22.9 Å². The van der Waals surface area contributed by atoms with Crippen molar-refractivity contribution >= 4 is 39.5 Å². The summed E-state index contributed by atoms with van der Waals surface area (Å²) in [5.41, 5.74) is 0.591. The van der Waals surface area contributed by atoms with Crippen LogP contribution >= 0.6 is 11.6 Å². The third kappa shape index (κ3) is 3.58. The highest BCUT2D eigenvalue weighted by atomic mass is 35.5. The minimum absolute atomic E-state index is 0.138. The molecule has 6 nitrogen and oxygen atoms in total. The number of rotatable bonds is 5. The Balaban J connectivity index is 1.90. The number of halogens is 3. The van der Waals surface area contributed by atoms with E-state index in [0.29, 0.717) is 9.87 Å². The van der Waals surface area contributed by atoms with E-state index < -0.39 is 32.4 Å². The largest absolute Gasteiger partial charge is 0.340 e. The lowest BCUT2D eigenvalue weighted by Crippen LogP contribution is -2.41. The molecule has 10 heteroatoms. The van der Waals surface area contributed by atoms with Crippen LogP contribution < -0.4 is 4.31 Å². The Hall–Kier alpha value is -2.88. The van der Waals surface area contributed by atoms with E-state index in [4.69, 9.17) is 11.6 Å². The summed E-state index contributed by atoms with van der Waals surface area (Å²) in [5, 5.41) is -0.644. The van der Waals surface area contributed by atoms with E-state index in [1.54, 1.807) is 50.5 Å². The van der Waals surface area contributed by atoms with E-state index >= 15 is 0 Å². The van der Waals surface area contributed by atoms with Crippen LogP contribution in [-0.4, -0.2) is 32.1 Å². The van der Waals surface area contributed by atoms with Crippen LogP contribution in [0.2, 0.25) is 0 Å². The van der Waals surface area contributed by atoms with E-state index in [1.165, 1.54) is 6.21 Å². The first-order valence-electron chi connectivity index (χ1n) is 9.24. The fourth-order valence-electron chi connectivity index (χ4n) is 3.42. The molecule has 2 heterocycles. The van der Waals surface area contributed by atoms with Gasteiger partial charge in [0.25, 0.3) is 20.2 Å². The topological polar surface area (TPSA) is 62.1 Å². The third-order valence-electron chi connectivity index (χ3n) is 4.94. The SMILES string of the molecule is CC1=C[N+]2(C)C(=NC(S(=O)(=O)N(Cc3ccccc3)c3c(F)cccc3F)=C2Cl)N=C1. The van der Waals surface area contributed by atoms with Gasteiger partial charge in [0.15, 0.2) is 11.6 Å². The smallest absolute Gasteiger partial charge is 0.254 e. The van der Waals surface area contributed by atoms with E-state index in [1.807, 2.05) is 0 Å². The summed E-state index contributed by atoms with van der Waals surface area (Å²) in [6.45, 7) is 1.47. The van der Waals surface area contributed by atoms with Gasteiger partial charge in [-0.15, -0.1) is 0 Å². The maximum Gasteiger partial charge on any atom is 0.340 e. The van der Waals surface area contributed by atoms with Crippen LogP contribution in [0.15, 0.2) is 80.5 Å². The summed E-state index contributed by atoms with van der Waals surface area (Å²) in [4.78, 5) is 8.32. The second-order valence-electron chi connectivity index (χ2n) is 7.28. The average Bonchev–Trinajstić information content (AvgIpc) is 2.98. The molecule has 31 heavy (non-hydrogen) atoms. The molecule has 0 radical (unpaired) electrons. The highest BCUT2D eigenvalue weighted by molar-refractivity contribution is 7.96. The number of quaternary nitrogens is 1. The maximum absolute atomic E-state index is 14.7. The lowest BCUT2D eigenvalue weighted by Gasteiger charge is -2.26. The van der Waals surface area contributed by atoms with E-state index in [-0.39, 0.29) is 22.1 Å². The fourth-order valence-corrected chi connectivity index (χ4v) is 5.42. The molecule has 0 N–H and O–H groups in total. The van der Waals surface area contributed by atoms with Gasteiger partial charge in [0.1, 0.15) is 11.9 Å². The zero-order chi connectivity index (χ0) is 22.4. The van der Waals surface area contributed by atoms with Crippen LogP contribution in [0.5, 0.6) is 0 Å². The summed E-state index contributed by atoms with van der Waals surface area (Å²) in [7, 11) is -2.93. The van der Waals surface area contributed by atoms with Crippen molar-refractivity contribution in [1.29, 1.82) is 0 Å². The Morgan fingerprint density at radius 3 is 2.35 bits per heavy atom. The number of hydrogen-bond donors (Lipinski definition) is 0. The Kier molecular flexibility index (Phi) is 5.28. The van der Waals surface area contributed by atoms with Gasteiger partial charge in [-0.3, -0.25) is 4.31 Å². The molecule has 1 unspecified atom stereocenters. The molecule has 0 spiro atoms. The van der Waals surface area contributed by atoms with Gasteiger partial charge >= 0.3 is 5.96 Å². The first kappa shape index (κ1) is 21.4. The van der Waals surface area contributed by atoms with Crippen LogP contribution in [-0.2, 0) is 16.6 Å². The molecule has 2 aromatic rings. The van der Waals surface area contributed by atoms with Crippen LogP contribution in [0.1, 0.15) is 12.5 Å². The molecule has 160 valence electrons. The number of aliphatic imine (C=N–C) groups is 2. The van der Waals surface area contributed by atoms with E-state index in [0.717, 1.165) is 23.8 Å². The zero-order valence-electron chi connectivity index (χ0n) is 16.6. The number of allylic oxidation sites excluding steroid dienone is 1. The Bertz CT molecular complexity index is 1270. The Morgan fingerprint density at radius 1 is 1.06 bits per heavy atom. The number of benzene rings is 2. The molecule has 0 aromatic heterocycles. The number of guanidine groups is 1. The van der Waals surface area contributed by atoms with Crippen molar-refractivity contribution in [3.05, 3.63) is 87.7 Å². The van der Waals surface area contributed by atoms with Crippen molar-refractivity contribution in [1.82, 2.24) is 0 Å². The van der Waals surface area contributed by atoms with Gasteiger partial charge in [-0.1, -0.05) is 36.4 Å². The molecule has 2 aliphatic heterocycles. The molecule has 0 saturated heterocycles. The molecule has 0 bridgehead atoms. The Labute approximate surface area is 183 Å². The lowest BCUT2D eigenvalue weighted by atomic mass is 10.2. The second kappa shape index (κ2) is 7.67. The first-order valence-corrected chi connectivity index (χ1v) is 11.1. The fraction of sp³-hybridized carbons (Fsp3) is 0.143. The maximum atomic E-state index is 14.7. The van der Waals surface area contributed by atoms with Gasteiger partial charge in [-0.05, 0) is 36.2 Å². The lowest BCUT2D eigenvalue weighted by molar-refractivity contribution is -0.713. The summed E-state index contributed by atoms with van der Waals surface area (Å²) >= 11 is 6.48. The molecule has 0 fully saturated rings. The van der Waals surface area contributed by atoms with Crippen LogP contribution in [0, 0.1) is 11.6 Å². The highest BCUT2D eigenvalue weighted by Gasteiger charge is 2.48. The minimum atomic E-state index is -4.57. The van der Waals surface area contributed by atoms with Crippen LogP contribution in [0.4, 0.5) is 14.5 Å². The first-order chi connectivity index (χ1) is 14.6. The molecule has 1 atom stereocenters. The monoisotopic (exact) mass is 463 g/mol. The van der Waals surface area contributed by atoms with Gasteiger partial charge < -0.3 is 0 Å². The second-order valence-corrected chi connectivity index (χ2v) is 9.42. The van der Waals surface area contributed by atoms with Crippen molar-refractivity contribution in [3.63, 3.8) is 0 Å². The van der Waals surface area contributed by atoms with E-state index in [2.05, 4.69) is 9.98 Å². The van der Waals surface area contributed by atoms with Gasteiger partial charge in [0, 0.05) is 11.8 Å². The summed E-state index contributed by atoms with van der Waals surface area (Å²) < 4.78 is 57.1. The summed E-state index contributed by atoms with van der Waals surface area (Å²) in [6, 6.07) is 11.6. The quantitative estimate of drug-likeness (QED) is 0.485. The zero-order valence-corrected chi connectivity index (χ0v) is 18.2. The number of nitrogens with zero attached hydrogens (tertiary/aromatic N) is 4. The van der Waals surface area contributed by atoms with Gasteiger partial charge in [0.2, 0.25) is 0 Å². The van der Waals surface area contributed by atoms with E-state index in [9.17, 15) is 17.2 Å². The molecular formula is C21H18ClF2N4O2S+. The number of anilines is 1. The van der Waals surface area contributed by atoms with Crippen molar-refractivity contribution in [2.75, 3.05) is 11.4 Å². The summed E-state index contributed by atoms with van der Waals surface area (Å²) in [6.07, 6.45) is 3.23. The van der Waals surface area contributed by atoms with Crippen molar-refractivity contribution < 1.29 is 21.7 Å². The predicted octanol–water partition coefficient (Wildman–Crippen LogP) is 4.47. The minimum Gasteiger partial charge on any atom is -0.254 e. The standard InChI is InChI=1S/C21H18ClF2N4O2S/c1-14-11-25-21-26-20(19(22)28(21,2)13-14)31(29,30)27(12-15-7-4-3-5-8-15)18-16(23)9-6-10-17(18)24/h3-11,13H,12H2,1-2H3/q+1. The van der Waals surface area contributed by atoms with Crippen LogP contribution in [0.25, 0.3) is 0 Å². The highest BCUT2D eigenvalue weighted by Crippen LogP contribution is 2.40. The molecule has 0 saturated carbocycles. The number of hydrogen-bond acceptors (Lipinski definition) is 4. The third-order valence-corrected chi connectivity index (χ3v) is 7.24. The Morgan fingerprint density at radius 2 is 1.71 bits per heavy atom. The number of sulfonamides is 1. The van der Waals surface area contributed by atoms with Crippen molar-refractivity contribution in [3.8, 4) is 0 Å². The molecule has 2 aromatic carbocycles. The normalized spacial score (nSPS) is 20.4. The molecule has 0 aliphatic carbocycles. The number of fused-ring (bicyclic) bond motifs is 1. The van der Waals surface area contributed by atoms with Crippen LogP contribution in [0.3, 0.4) is 0 Å². The predicted molar refractivity (Wildman–Crippen MR) is 117 cm³/mol. The molecule has 4 rings (SSSR count). The molecule has 0 amide bonds. The molecule has 2 aliphatic rings. The van der Waals surface area contributed by atoms with Gasteiger partial charge in [0.05, 0.1) is 13.6 Å². The molecular weight excluding hydrogens is 446 g/mol. The van der Waals surface area contributed by atoms with Crippen molar-refractivity contribution in [2.45, 2.75) is 13.5 Å². The van der Waals surface area contributed by atoms with Crippen molar-refractivity contribution in [2.24, 2.45) is 9.98 Å².